The minimum Gasteiger partial charge on any atom is -0.310 e. The molecule has 0 radical (unpaired) electrons. The van der Waals surface area contributed by atoms with E-state index in [-0.39, 0.29) is 38.3 Å². The monoisotopic (exact) mass is 469 g/mol. The van der Waals surface area contributed by atoms with E-state index in [4.69, 9.17) is 0 Å². The number of benzene rings is 1. The summed E-state index contributed by atoms with van der Waals surface area (Å²) in [6.45, 7) is 0.0746. The van der Waals surface area contributed by atoms with E-state index in [0.717, 1.165) is 10.2 Å². The second-order valence-corrected chi connectivity index (χ2v) is 8.59. The van der Waals surface area contributed by atoms with Crippen LogP contribution in [0.3, 0.4) is 0 Å². The van der Waals surface area contributed by atoms with Gasteiger partial charge in [-0.15, -0.1) is 0 Å². The highest BCUT2D eigenvalue weighted by atomic mass is 19.3. The third-order valence-electron chi connectivity index (χ3n) is 6.39. The zero-order chi connectivity index (χ0) is 23.9. The molecule has 0 fully saturated rings. The predicted molar refractivity (Wildman–Crippen MR) is 120 cm³/mol. The Labute approximate surface area is 193 Å². The fourth-order valence-corrected chi connectivity index (χ4v) is 4.58. The number of aromatic nitrogens is 2. The standard InChI is InChI=1S/C24H22F3N5O2/c25-19-13-29-28-12-18(19)16-2-1-3-21-17(16)8-11-31(21)23(34)14-32-22(33)5-4-20(30-32)15-6-9-24(26,27)10-7-15/h1-6,12,19H,7-11,13-14H2. The fraction of sp³-hybridized carbons (Fsp3) is 0.375. The fourth-order valence-electron chi connectivity index (χ4n) is 4.58. The summed E-state index contributed by atoms with van der Waals surface area (Å²) in [5, 5.41) is 11.8. The summed E-state index contributed by atoms with van der Waals surface area (Å²) in [5.41, 5.74) is 3.27. The third-order valence-corrected chi connectivity index (χ3v) is 6.39. The van der Waals surface area contributed by atoms with Crippen LogP contribution in [0.4, 0.5) is 18.9 Å². The Morgan fingerprint density at radius 3 is 2.79 bits per heavy atom. The van der Waals surface area contributed by atoms with Gasteiger partial charge in [0.2, 0.25) is 5.91 Å². The number of allylic oxidation sites excluding steroid dienone is 2. The van der Waals surface area contributed by atoms with E-state index in [1.807, 2.05) is 6.07 Å². The van der Waals surface area contributed by atoms with Gasteiger partial charge in [-0.2, -0.15) is 15.3 Å². The molecule has 2 aliphatic heterocycles. The highest BCUT2D eigenvalue weighted by Crippen LogP contribution is 2.37. The van der Waals surface area contributed by atoms with Gasteiger partial charge in [0.05, 0.1) is 18.4 Å². The highest BCUT2D eigenvalue weighted by molar-refractivity contribution is 5.96. The number of nitrogens with zero attached hydrogens (tertiary/aromatic N) is 5. The molecule has 1 aromatic heterocycles. The molecular weight excluding hydrogens is 447 g/mol. The number of alkyl halides is 3. The van der Waals surface area contributed by atoms with Crippen LogP contribution in [0.2, 0.25) is 0 Å². The van der Waals surface area contributed by atoms with Gasteiger partial charge in [-0.05, 0) is 41.7 Å². The summed E-state index contributed by atoms with van der Waals surface area (Å²) in [4.78, 5) is 27.1. The maximum Gasteiger partial charge on any atom is 0.267 e. The zero-order valence-corrected chi connectivity index (χ0v) is 18.3. The van der Waals surface area contributed by atoms with Gasteiger partial charge < -0.3 is 4.90 Å². The molecule has 10 heteroatoms. The number of carbonyl (C=O) groups is 1. The van der Waals surface area contributed by atoms with Gasteiger partial charge in [-0.25, -0.2) is 17.9 Å². The van der Waals surface area contributed by atoms with Crippen LogP contribution in [0.25, 0.3) is 11.1 Å². The molecule has 1 unspecified atom stereocenters. The Morgan fingerprint density at radius 2 is 2.03 bits per heavy atom. The molecule has 1 atom stereocenters. The lowest BCUT2D eigenvalue weighted by Crippen LogP contribution is -2.36. The zero-order valence-electron chi connectivity index (χ0n) is 18.3. The quantitative estimate of drug-likeness (QED) is 0.674. The van der Waals surface area contributed by atoms with Gasteiger partial charge in [0.15, 0.2) is 0 Å². The van der Waals surface area contributed by atoms with Gasteiger partial charge in [-0.1, -0.05) is 18.2 Å². The van der Waals surface area contributed by atoms with E-state index in [0.29, 0.717) is 41.1 Å². The Hall–Kier alpha value is -3.56. The third kappa shape index (κ3) is 4.20. The Morgan fingerprint density at radius 1 is 1.18 bits per heavy atom. The molecule has 3 aliphatic rings. The summed E-state index contributed by atoms with van der Waals surface area (Å²) < 4.78 is 42.4. The number of carbonyl (C=O) groups excluding carboxylic acids is 1. The lowest BCUT2D eigenvalue weighted by Gasteiger charge is -2.22. The number of fused-ring (bicyclic) bond motifs is 1. The SMILES string of the molecule is O=C(Cn1nc(C2=CCC(F)(F)CC2)ccc1=O)N1CCc2c(C3=CN=NCC3F)cccc21. The van der Waals surface area contributed by atoms with Crippen LogP contribution in [0, 0.1) is 0 Å². The largest absolute Gasteiger partial charge is 0.310 e. The second-order valence-electron chi connectivity index (χ2n) is 8.59. The van der Waals surface area contributed by atoms with E-state index in [9.17, 15) is 22.8 Å². The molecule has 0 N–H and O–H groups in total. The summed E-state index contributed by atoms with van der Waals surface area (Å²) in [7, 11) is 0. The molecule has 1 aliphatic carbocycles. The van der Waals surface area contributed by atoms with Gasteiger partial charge in [0.1, 0.15) is 12.7 Å². The average Bonchev–Trinajstić information content (AvgIpc) is 3.26. The highest BCUT2D eigenvalue weighted by Gasteiger charge is 2.32. The molecule has 3 heterocycles. The first-order valence-corrected chi connectivity index (χ1v) is 11.1. The first-order chi connectivity index (χ1) is 16.3. The second kappa shape index (κ2) is 8.66. The van der Waals surface area contributed by atoms with E-state index >= 15 is 0 Å². The van der Waals surface area contributed by atoms with Crippen molar-refractivity contribution in [3.8, 4) is 0 Å². The summed E-state index contributed by atoms with van der Waals surface area (Å²) in [6.07, 6.45) is 1.65. The van der Waals surface area contributed by atoms with Crippen LogP contribution in [-0.4, -0.2) is 40.9 Å². The van der Waals surface area contributed by atoms with Crippen LogP contribution in [0.5, 0.6) is 0 Å². The first-order valence-electron chi connectivity index (χ1n) is 11.1. The maximum atomic E-state index is 14.4. The first kappa shape index (κ1) is 22.2. The van der Waals surface area contributed by atoms with Crippen molar-refractivity contribution in [3.63, 3.8) is 0 Å². The van der Waals surface area contributed by atoms with Crippen molar-refractivity contribution in [1.29, 1.82) is 0 Å². The van der Waals surface area contributed by atoms with Crippen molar-refractivity contribution in [3.05, 3.63) is 69.8 Å². The van der Waals surface area contributed by atoms with E-state index in [1.54, 1.807) is 17.0 Å². The number of rotatable bonds is 4. The number of hydrogen-bond donors (Lipinski definition) is 0. The van der Waals surface area contributed by atoms with Crippen molar-refractivity contribution in [2.45, 2.75) is 44.3 Å². The van der Waals surface area contributed by atoms with Crippen LogP contribution in [0.1, 0.15) is 36.1 Å². The van der Waals surface area contributed by atoms with Gasteiger partial charge in [0, 0.05) is 36.7 Å². The molecule has 5 rings (SSSR count). The van der Waals surface area contributed by atoms with Crippen molar-refractivity contribution in [1.82, 2.24) is 9.78 Å². The average molecular weight is 469 g/mol. The number of anilines is 1. The Bertz CT molecular complexity index is 1300. The van der Waals surface area contributed by atoms with Crippen molar-refractivity contribution < 1.29 is 18.0 Å². The van der Waals surface area contributed by atoms with E-state index in [1.165, 1.54) is 24.4 Å². The number of hydrogen-bond acceptors (Lipinski definition) is 5. The minimum absolute atomic E-state index is 0.0306. The van der Waals surface area contributed by atoms with Crippen LogP contribution < -0.4 is 10.5 Å². The van der Waals surface area contributed by atoms with Crippen LogP contribution in [-0.2, 0) is 17.8 Å². The molecule has 2 aromatic rings. The van der Waals surface area contributed by atoms with Crippen molar-refractivity contribution >= 4 is 22.7 Å². The van der Waals surface area contributed by atoms with Crippen molar-refractivity contribution in [2.75, 3.05) is 18.0 Å². The summed E-state index contributed by atoms with van der Waals surface area (Å²) >= 11 is 0. The molecule has 0 saturated heterocycles. The molecule has 1 amide bonds. The van der Waals surface area contributed by atoms with Crippen molar-refractivity contribution in [2.24, 2.45) is 10.2 Å². The summed E-state index contributed by atoms with van der Waals surface area (Å²) in [6, 6.07) is 8.16. The topological polar surface area (TPSA) is 79.9 Å². The molecule has 7 nitrogen and oxygen atoms in total. The number of amides is 1. The predicted octanol–water partition coefficient (Wildman–Crippen LogP) is 4.18. The lowest BCUT2D eigenvalue weighted by molar-refractivity contribution is -0.119. The normalized spacial score (nSPS) is 21.1. The minimum atomic E-state index is -2.73. The molecule has 176 valence electrons. The van der Waals surface area contributed by atoms with Gasteiger partial charge in [-0.3, -0.25) is 9.59 Å². The molecule has 0 spiro atoms. The van der Waals surface area contributed by atoms with E-state index in [2.05, 4.69) is 15.3 Å². The molecular formula is C24H22F3N5O2. The van der Waals surface area contributed by atoms with Gasteiger partial charge >= 0.3 is 0 Å². The van der Waals surface area contributed by atoms with Gasteiger partial charge in [0.25, 0.3) is 11.5 Å². The van der Waals surface area contributed by atoms with Crippen LogP contribution >= 0.6 is 0 Å². The molecule has 0 saturated carbocycles. The van der Waals surface area contributed by atoms with Crippen LogP contribution in [0.15, 0.2) is 57.6 Å². The smallest absolute Gasteiger partial charge is 0.267 e. The maximum absolute atomic E-state index is 14.4. The number of halogens is 3. The molecule has 1 aromatic carbocycles. The molecule has 34 heavy (non-hydrogen) atoms. The lowest BCUT2D eigenvalue weighted by atomic mass is 9.94. The Kier molecular flexibility index (Phi) is 5.66. The van der Waals surface area contributed by atoms with E-state index < -0.39 is 17.7 Å². The summed E-state index contributed by atoms with van der Waals surface area (Å²) in [5.74, 6) is -3.06. The molecule has 0 bridgehead atoms. The Balaban J connectivity index is 1.39. The number of azo groups is 1.